The molecule has 0 atom stereocenters. The molecule has 0 radical (unpaired) electrons. The van der Waals surface area contributed by atoms with Crippen LogP contribution in [0.5, 0.6) is 5.88 Å². The van der Waals surface area contributed by atoms with Crippen LogP contribution in [0.3, 0.4) is 0 Å². The van der Waals surface area contributed by atoms with E-state index in [2.05, 4.69) is 20.3 Å². The lowest BCUT2D eigenvalue weighted by atomic mass is 10.0. The van der Waals surface area contributed by atoms with E-state index in [1.807, 2.05) is 49.5 Å². The molecule has 0 saturated carbocycles. The largest absolute Gasteiger partial charge is 0.481 e. The summed E-state index contributed by atoms with van der Waals surface area (Å²) in [6.45, 7) is 0. The second kappa shape index (κ2) is 6.76. The first-order chi connectivity index (χ1) is 12.8. The second-order valence-corrected chi connectivity index (χ2v) is 5.68. The third kappa shape index (κ3) is 2.82. The summed E-state index contributed by atoms with van der Waals surface area (Å²) in [6.07, 6.45) is 5.21. The predicted octanol–water partition coefficient (Wildman–Crippen LogP) is 3.80. The standard InChI is InChI=1S/C20H17N5O/c1-21-19-16-11-13(15-6-4-10-23-20(15)26-2)7-8-17(16)24-18(25-19)14-5-3-9-22-12-14/h3-12H,1-2H3,(H,21,24,25). The SMILES string of the molecule is CNc1nc(-c2cccnc2)nc2ccc(-c3cccnc3OC)cc12. The van der Waals surface area contributed by atoms with E-state index < -0.39 is 0 Å². The Balaban J connectivity index is 1.89. The van der Waals surface area contributed by atoms with Crippen LogP contribution in [-0.2, 0) is 0 Å². The topological polar surface area (TPSA) is 72.8 Å². The average Bonchev–Trinajstić information content (AvgIpc) is 2.73. The molecule has 4 aromatic rings. The maximum absolute atomic E-state index is 5.38. The Bertz CT molecular complexity index is 1070. The van der Waals surface area contributed by atoms with Crippen LogP contribution in [0.4, 0.5) is 5.82 Å². The minimum Gasteiger partial charge on any atom is -0.481 e. The predicted molar refractivity (Wildman–Crippen MR) is 102 cm³/mol. The highest BCUT2D eigenvalue weighted by atomic mass is 16.5. The van der Waals surface area contributed by atoms with Crippen molar-refractivity contribution in [3.8, 4) is 28.4 Å². The Morgan fingerprint density at radius 2 is 1.85 bits per heavy atom. The molecule has 0 amide bonds. The summed E-state index contributed by atoms with van der Waals surface area (Å²) in [5.74, 6) is 1.99. The summed E-state index contributed by atoms with van der Waals surface area (Å²) in [6, 6.07) is 13.7. The Labute approximate surface area is 150 Å². The van der Waals surface area contributed by atoms with Gasteiger partial charge < -0.3 is 10.1 Å². The van der Waals surface area contributed by atoms with Crippen LogP contribution in [0.1, 0.15) is 0 Å². The van der Waals surface area contributed by atoms with E-state index in [0.717, 1.165) is 33.4 Å². The lowest BCUT2D eigenvalue weighted by Crippen LogP contribution is -1.99. The number of hydrogen-bond donors (Lipinski definition) is 1. The van der Waals surface area contributed by atoms with Gasteiger partial charge in [0, 0.05) is 42.2 Å². The van der Waals surface area contributed by atoms with Crippen LogP contribution < -0.4 is 10.1 Å². The molecule has 3 aromatic heterocycles. The van der Waals surface area contributed by atoms with Crippen molar-refractivity contribution in [1.29, 1.82) is 0 Å². The zero-order valence-corrected chi connectivity index (χ0v) is 14.5. The summed E-state index contributed by atoms with van der Waals surface area (Å²) >= 11 is 0. The summed E-state index contributed by atoms with van der Waals surface area (Å²) in [7, 11) is 3.47. The molecule has 128 valence electrons. The lowest BCUT2D eigenvalue weighted by molar-refractivity contribution is 0.399. The first kappa shape index (κ1) is 16.0. The zero-order valence-electron chi connectivity index (χ0n) is 14.5. The van der Waals surface area contributed by atoms with Gasteiger partial charge in [0.2, 0.25) is 5.88 Å². The molecule has 0 saturated heterocycles. The molecule has 0 unspecified atom stereocenters. The van der Waals surface area contributed by atoms with E-state index in [4.69, 9.17) is 9.72 Å². The van der Waals surface area contributed by atoms with Crippen molar-refractivity contribution in [3.63, 3.8) is 0 Å². The zero-order chi connectivity index (χ0) is 17.9. The van der Waals surface area contributed by atoms with Gasteiger partial charge >= 0.3 is 0 Å². The molecule has 3 heterocycles. The highest BCUT2D eigenvalue weighted by molar-refractivity contribution is 5.94. The van der Waals surface area contributed by atoms with Crippen molar-refractivity contribution in [3.05, 3.63) is 61.1 Å². The van der Waals surface area contributed by atoms with Gasteiger partial charge in [-0.25, -0.2) is 15.0 Å². The highest BCUT2D eigenvalue weighted by Crippen LogP contribution is 2.32. The number of pyridine rings is 2. The van der Waals surface area contributed by atoms with Gasteiger partial charge in [-0.3, -0.25) is 4.98 Å². The molecule has 1 aromatic carbocycles. The lowest BCUT2D eigenvalue weighted by Gasteiger charge is -2.11. The number of methoxy groups -OCH3 is 1. The summed E-state index contributed by atoms with van der Waals surface area (Å²) < 4.78 is 5.38. The quantitative estimate of drug-likeness (QED) is 0.607. The van der Waals surface area contributed by atoms with Gasteiger partial charge in [0.05, 0.1) is 12.6 Å². The Morgan fingerprint density at radius 1 is 0.962 bits per heavy atom. The van der Waals surface area contributed by atoms with Gasteiger partial charge in [-0.1, -0.05) is 6.07 Å². The molecule has 6 heteroatoms. The molecule has 26 heavy (non-hydrogen) atoms. The van der Waals surface area contributed by atoms with Crippen molar-refractivity contribution in [1.82, 2.24) is 19.9 Å². The van der Waals surface area contributed by atoms with Gasteiger partial charge in [0.25, 0.3) is 0 Å². The van der Waals surface area contributed by atoms with Gasteiger partial charge in [0.15, 0.2) is 5.82 Å². The Hall–Kier alpha value is -3.54. The van der Waals surface area contributed by atoms with Gasteiger partial charge in [-0.05, 0) is 42.0 Å². The fourth-order valence-electron chi connectivity index (χ4n) is 2.88. The first-order valence-corrected chi connectivity index (χ1v) is 8.19. The maximum atomic E-state index is 5.38. The van der Waals surface area contributed by atoms with E-state index in [1.165, 1.54) is 0 Å². The minimum atomic E-state index is 0.589. The van der Waals surface area contributed by atoms with Crippen molar-refractivity contribution >= 4 is 16.7 Å². The second-order valence-electron chi connectivity index (χ2n) is 5.68. The van der Waals surface area contributed by atoms with Crippen LogP contribution in [0.15, 0.2) is 61.1 Å². The van der Waals surface area contributed by atoms with Crippen molar-refractivity contribution in [2.24, 2.45) is 0 Å². The monoisotopic (exact) mass is 343 g/mol. The van der Waals surface area contributed by atoms with Crippen LogP contribution >= 0.6 is 0 Å². The number of rotatable bonds is 4. The number of fused-ring (bicyclic) bond motifs is 1. The molecular formula is C20H17N5O. The third-order valence-electron chi connectivity index (χ3n) is 4.13. The number of ether oxygens (including phenoxy) is 1. The van der Waals surface area contributed by atoms with E-state index in [9.17, 15) is 0 Å². The molecule has 0 aliphatic heterocycles. The minimum absolute atomic E-state index is 0.589. The fourth-order valence-corrected chi connectivity index (χ4v) is 2.88. The molecule has 0 spiro atoms. The Morgan fingerprint density at radius 3 is 2.62 bits per heavy atom. The average molecular weight is 343 g/mol. The molecule has 0 bridgehead atoms. The normalized spacial score (nSPS) is 10.7. The third-order valence-corrected chi connectivity index (χ3v) is 4.13. The van der Waals surface area contributed by atoms with Gasteiger partial charge in [0.1, 0.15) is 5.82 Å². The number of hydrogen-bond acceptors (Lipinski definition) is 6. The summed E-state index contributed by atoms with van der Waals surface area (Å²) in [5, 5.41) is 4.10. The smallest absolute Gasteiger partial charge is 0.221 e. The molecular weight excluding hydrogens is 326 g/mol. The van der Waals surface area contributed by atoms with E-state index in [0.29, 0.717) is 11.7 Å². The molecule has 6 nitrogen and oxygen atoms in total. The fraction of sp³-hybridized carbons (Fsp3) is 0.100. The van der Waals surface area contributed by atoms with Crippen LogP contribution in [-0.4, -0.2) is 34.1 Å². The van der Waals surface area contributed by atoms with Crippen molar-refractivity contribution < 1.29 is 4.74 Å². The van der Waals surface area contributed by atoms with Crippen LogP contribution in [0.25, 0.3) is 33.4 Å². The van der Waals surface area contributed by atoms with E-state index in [1.54, 1.807) is 25.7 Å². The van der Waals surface area contributed by atoms with Crippen LogP contribution in [0, 0.1) is 0 Å². The maximum Gasteiger partial charge on any atom is 0.221 e. The van der Waals surface area contributed by atoms with Crippen molar-refractivity contribution in [2.75, 3.05) is 19.5 Å². The highest BCUT2D eigenvalue weighted by Gasteiger charge is 2.12. The molecule has 0 fully saturated rings. The van der Waals surface area contributed by atoms with Gasteiger partial charge in [-0.2, -0.15) is 0 Å². The van der Waals surface area contributed by atoms with Crippen molar-refractivity contribution in [2.45, 2.75) is 0 Å². The number of benzene rings is 1. The molecule has 4 rings (SSSR count). The van der Waals surface area contributed by atoms with E-state index >= 15 is 0 Å². The number of aromatic nitrogens is 4. The summed E-state index contributed by atoms with van der Waals surface area (Å²) in [5.41, 5.74) is 3.66. The summed E-state index contributed by atoms with van der Waals surface area (Å²) in [4.78, 5) is 17.8. The number of nitrogens with one attached hydrogen (secondary N) is 1. The van der Waals surface area contributed by atoms with Gasteiger partial charge in [-0.15, -0.1) is 0 Å². The number of anilines is 1. The molecule has 1 N–H and O–H groups in total. The first-order valence-electron chi connectivity index (χ1n) is 8.19. The van der Waals surface area contributed by atoms with Crippen LogP contribution in [0.2, 0.25) is 0 Å². The number of nitrogens with zero attached hydrogens (tertiary/aromatic N) is 4. The Kier molecular flexibility index (Phi) is 4.15. The molecule has 0 aliphatic carbocycles. The van der Waals surface area contributed by atoms with E-state index in [-0.39, 0.29) is 0 Å². The molecule has 0 aliphatic rings.